The van der Waals surface area contributed by atoms with E-state index in [1.54, 1.807) is 7.05 Å². The molecule has 0 saturated heterocycles. The first kappa shape index (κ1) is 16.5. The SMILES string of the molecule is CCCC1CCC(NC(CC(C)C)C(=O)NC)CC1. The van der Waals surface area contributed by atoms with Crippen molar-refractivity contribution in [3.05, 3.63) is 0 Å². The number of hydrogen-bond acceptors (Lipinski definition) is 2. The van der Waals surface area contributed by atoms with Crippen molar-refractivity contribution in [1.82, 2.24) is 10.6 Å². The van der Waals surface area contributed by atoms with Gasteiger partial charge in [0.1, 0.15) is 0 Å². The lowest BCUT2D eigenvalue weighted by Crippen LogP contribution is -2.49. The Hall–Kier alpha value is -0.570. The molecule has 19 heavy (non-hydrogen) atoms. The van der Waals surface area contributed by atoms with E-state index in [2.05, 4.69) is 31.4 Å². The van der Waals surface area contributed by atoms with E-state index >= 15 is 0 Å². The Labute approximate surface area is 118 Å². The van der Waals surface area contributed by atoms with Gasteiger partial charge in [0.25, 0.3) is 0 Å². The number of hydrogen-bond donors (Lipinski definition) is 2. The summed E-state index contributed by atoms with van der Waals surface area (Å²) in [6, 6.07) is 0.520. The minimum absolute atomic E-state index is 0.0160. The molecule has 1 saturated carbocycles. The molecule has 0 aromatic carbocycles. The number of amides is 1. The summed E-state index contributed by atoms with van der Waals surface area (Å²) in [7, 11) is 1.73. The fourth-order valence-corrected chi connectivity index (χ4v) is 3.21. The van der Waals surface area contributed by atoms with Crippen LogP contribution in [0.1, 0.15) is 65.7 Å². The van der Waals surface area contributed by atoms with Crippen LogP contribution in [0.2, 0.25) is 0 Å². The van der Waals surface area contributed by atoms with Gasteiger partial charge in [0.15, 0.2) is 0 Å². The maximum Gasteiger partial charge on any atom is 0.236 e. The Morgan fingerprint density at radius 3 is 2.32 bits per heavy atom. The van der Waals surface area contributed by atoms with E-state index in [9.17, 15) is 4.79 Å². The highest BCUT2D eigenvalue weighted by Gasteiger charge is 2.25. The van der Waals surface area contributed by atoms with E-state index in [-0.39, 0.29) is 11.9 Å². The predicted octanol–water partition coefficient (Wildman–Crippen LogP) is 3.10. The van der Waals surface area contributed by atoms with E-state index < -0.39 is 0 Å². The molecule has 2 N–H and O–H groups in total. The maximum absolute atomic E-state index is 11.9. The molecule has 0 aromatic heterocycles. The molecule has 112 valence electrons. The lowest BCUT2D eigenvalue weighted by molar-refractivity contribution is -0.123. The Bertz CT molecular complexity index is 257. The van der Waals surface area contributed by atoms with E-state index in [1.807, 2.05) is 0 Å². The topological polar surface area (TPSA) is 41.1 Å². The molecule has 1 unspecified atom stereocenters. The maximum atomic E-state index is 11.9. The first-order valence-corrected chi connectivity index (χ1v) is 8.04. The molecule has 1 atom stereocenters. The number of carbonyl (C=O) groups is 1. The van der Waals surface area contributed by atoms with Gasteiger partial charge in [0.2, 0.25) is 5.91 Å². The normalized spacial score (nSPS) is 25.3. The summed E-state index contributed by atoms with van der Waals surface area (Å²) in [5.41, 5.74) is 0. The Balaban J connectivity index is 2.40. The standard InChI is InChI=1S/C16H32N2O/c1-5-6-13-7-9-14(10-8-13)18-15(11-12(2)3)16(19)17-4/h12-15,18H,5-11H2,1-4H3,(H,17,19). The fourth-order valence-electron chi connectivity index (χ4n) is 3.21. The predicted molar refractivity (Wildman–Crippen MR) is 81.1 cm³/mol. The molecular weight excluding hydrogens is 236 g/mol. The molecule has 1 aliphatic rings. The summed E-state index contributed by atoms with van der Waals surface area (Å²) in [6.45, 7) is 6.63. The number of carbonyl (C=O) groups excluding carboxylic acids is 1. The third kappa shape index (κ3) is 5.94. The zero-order chi connectivity index (χ0) is 14.3. The summed E-state index contributed by atoms with van der Waals surface area (Å²) < 4.78 is 0. The average molecular weight is 268 g/mol. The van der Waals surface area contributed by atoms with Crippen LogP contribution in [0, 0.1) is 11.8 Å². The third-order valence-electron chi connectivity index (χ3n) is 4.25. The van der Waals surface area contributed by atoms with Crippen LogP contribution in [0.4, 0.5) is 0 Å². The smallest absolute Gasteiger partial charge is 0.236 e. The number of likely N-dealkylation sites (N-methyl/N-ethyl adjacent to an activating group) is 1. The summed E-state index contributed by atoms with van der Waals surface area (Å²) >= 11 is 0. The van der Waals surface area contributed by atoms with Crippen LogP contribution in [0.5, 0.6) is 0 Å². The van der Waals surface area contributed by atoms with Crippen LogP contribution in [-0.2, 0) is 4.79 Å². The monoisotopic (exact) mass is 268 g/mol. The summed E-state index contributed by atoms with van der Waals surface area (Å²) in [4.78, 5) is 11.9. The highest BCUT2D eigenvalue weighted by atomic mass is 16.2. The van der Waals surface area contributed by atoms with Gasteiger partial charge in [0, 0.05) is 13.1 Å². The molecule has 0 bridgehead atoms. The van der Waals surface area contributed by atoms with Gasteiger partial charge in [-0.2, -0.15) is 0 Å². The lowest BCUT2D eigenvalue weighted by Gasteiger charge is -2.32. The van der Waals surface area contributed by atoms with Crippen LogP contribution in [0.15, 0.2) is 0 Å². The molecule has 0 spiro atoms. The first-order valence-electron chi connectivity index (χ1n) is 8.04. The molecule has 1 rings (SSSR count). The van der Waals surface area contributed by atoms with Gasteiger partial charge in [-0.3, -0.25) is 4.79 Å². The van der Waals surface area contributed by atoms with Crippen molar-refractivity contribution in [2.75, 3.05) is 7.05 Å². The van der Waals surface area contributed by atoms with Crippen molar-refractivity contribution in [3.63, 3.8) is 0 Å². The van der Waals surface area contributed by atoms with Crippen molar-refractivity contribution in [1.29, 1.82) is 0 Å². The molecule has 3 heteroatoms. The molecule has 0 heterocycles. The van der Waals surface area contributed by atoms with E-state index in [0.717, 1.165) is 12.3 Å². The van der Waals surface area contributed by atoms with Crippen LogP contribution in [-0.4, -0.2) is 25.0 Å². The quantitative estimate of drug-likeness (QED) is 0.745. The Kier molecular flexibility index (Phi) is 7.44. The molecular formula is C16H32N2O. The highest BCUT2D eigenvalue weighted by molar-refractivity contribution is 5.81. The van der Waals surface area contributed by atoms with Gasteiger partial charge < -0.3 is 10.6 Å². The van der Waals surface area contributed by atoms with Gasteiger partial charge in [-0.1, -0.05) is 33.6 Å². The second-order valence-corrected chi connectivity index (χ2v) is 6.47. The minimum Gasteiger partial charge on any atom is -0.358 e. The largest absolute Gasteiger partial charge is 0.358 e. The molecule has 3 nitrogen and oxygen atoms in total. The Morgan fingerprint density at radius 1 is 1.21 bits per heavy atom. The van der Waals surface area contributed by atoms with Crippen molar-refractivity contribution in [3.8, 4) is 0 Å². The van der Waals surface area contributed by atoms with Crippen LogP contribution in [0.25, 0.3) is 0 Å². The summed E-state index contributed by atoms with van der Waals surface area (Å²) in [5.74, 6) is 1.61. The average Bonchev–Trinajstić information content (AvgIpc) is 2.39. The van der Waals surface area contributed by atoms with E-state index in [0.29, 0.717) is 12.0 Å². The molecule has 0 aliphatic heterocycles. The molecule has 0 radical (unpaired) electrons. The van der Waals surface area contributed by atoms with Crippen molar-refractivity contribution in [2.45, 2.75) is 77.8 Å². The van der Waals surface area contributed by atoms with E-state index in [4.69, 9.17) is 0 Å². The fraction of sp³-hybridized carbons (Fsp3) is 0.938. The van der Waals surface area contributed by atoms with Crippen LogP contribution >= 0.6 is 0 Å². The van der Waals surface area contributed by atoms with Gasteiger partial charge in [0.05, 0.1) is 6.04 Å². The molecule has 1 amide bonds. The van der Waals surface area contributed by atoms with Gasteiger partial charge in [-0.15, -0.1) is 0 Å². The highest BCUT2D eigenvalue weighted by Crippen LogP contribution is 2.28. The number of nitrogens with one attached hydrogen (secondary N) is 2. The minimum atomic E-state index is -0.0160. The number of rotatable bonds is 7. The molecule has 1 aliphatic carbocycles. The first-order chi connectivity index (χ1) is 9.06. The van der Waals surface area contributed by atoms with Crippen molar-refractivity contribution < 1.29 is 4.79 Å². The van der Waals surface area contributed by atoms with Gasteiger partial charge in [-0.05, 0) is 43.9 Å². The summed E-state index contributed by atoms with van der Waals surface area (Å²) in [6.07, 6.45) is 8.72. The zero-order valence-electron chi connectivity index (χ0n) is 13.2. The van der Waals surface area contributed by atoms with Gasteiger partial charge >= 0.3 is 0 Å². The van der Waals surface area contributed by atoms with Crippen molar-refractivity contribution >= 4 is 5.91 Å². The zero-order valence-corrected chi connectivity index (χ0v) is 13.2. The van der Waals surface area contributed by atoms with Gasteiger partial charge in [-0.25, -0.2) is 0 Å². The summed E-state index contributed by atoms with van der Waals surface area (Å²) in [5, 5.41) is 6.38. The van der Waals surface area contributed by atoms with Crippen LogP contribution < -0.4 is 10.6 Å². The van der Waals surface area contributed by atoms with E-state index in [1.165, 1.54) is 38.5 Å². The lowest BCUT2D eigenvalue weighted by atomic mass is 9.83. The molecule has 1 fully saturated rings. The second-order valence-electron chi connectivity index (χ2n) is 6.47. The third-order valence-corrected chi connectivity index (χ3v) is 4.25. The van der Waals surface area contributed by atoms with Crippen LogP contribution in [0.3, 0.4) is 0 Å². The molecule has 0 aromatic rings. The Morgan fingerprint density at radius 2 is 1.84 bits per heavy atom. The second kappa shape index (κ2) is 8.57. The van der Waals surface area contributed by atoms with Crippen molar-refractivity contribution in [2.24, 2.45) is 11.8 Å².